The van der Waals surface area contributed by atoms with E-state index >= 15 is 0 Å². The highest BCUT2D eigenvalue weighted by Gasteiger charge is 2.31. The third-order valence-electron chi connectivity index (χ3n) is 3.55. The first kappa shape index (κ1) is 15.0. The molecule has 0 aromatic rings. The van der Waals surface area contributed by atoms with Crippen molar-refractivity contribution in [1.82, 2.24) is 10.6 Å². The molecule has 0 radical (unpaired) electrons. The van der Waals surface area contributed by atoms with Gasteiger partial charge in [-0.05, 0) is 31.6 Å². The van der Waals surface area contributed by atoms with E-state index < -0.39 is 5.60 Å². The zero-order valence-corrected chi connectivity index (χ0v) is 11.3. The lowest BCUT2D eigenvalue weighted by molar-refractivity contribution is -0.123. The Morgan fingerprint density at radius 1 is 1.28 bits per heavy atom. The Morgan fingerprint density at radius 3 is 2.44 bits per heavy atom. The number of aliphatic hydroxyl groups is 1. The van der Waals surface area contributed by atoms with Crippen LogP contribution < -0.4 is 10.6 Å². The first-order chi connectivity index (χ1) is 8.41. The van der Waals surface area contributed by atoms with Gasteiger partial charge in [-0.25, -0.2) is 0 Å². The molecule has 0 bridgehead atoms. The number of hydrogen-bond donors (Lipinski definition) is 3. The summed E-state index contributed by atoms with van der Waals surface area (Å²) in [5.41, 5.74) is -0.740. The molecule has 18 heavy (non-hydrogen) atoms. The lowest BCUT2D eigenvalue weighted by Crippen LogP contribution is -2.45. The van der Waals surface area contributed by atoms with Gasteiger partial charge < -0.3 is 15.7 Å². The number of hydrogen-bond acceptors (Lipinski definition) is 3. The van der Waals surface area contributed by atoms with Gasteiger partial charge in [-0.15, -0.1) is 0 Å². The summed E-state index contributed by atoms with van der Waals surface area (Å²) >= 11 is 0. The molecule has 0 atom stereocenters. The number of amides is 2. The predicted octanol–water partition coefficient (Wildman–Crippen LogP) is 0.570. The topological polar surface area (TPSA) is 78.4 Å². The number of rotatable bonds is 5. The molecule has 1 saturated carbocycles. The molecule has 104 valence electrons. The van der Waals surface area contributed by atoms with Crippen molar-refractivity contribution in [3.63, 3.8) is 0 Å². The van der Waals surface area contributed by atoms with Crippen molar-refractivity contribution in [2.45, 2.75) is 51.6 Å². The second-order valence-corrected chi connectivity index (χ2v) is 5.42. The van der Waals surface area contributed by atoms with Gasteiger partial charge in [0.05, 0.1) is 5.60 Å². The van der Waals surface area contributed by atoms with Crippen molar-refractivity contribution in [3.05, 3.63) is 0 Å². The van der Waals surface area contributed by atoms with Crippen LogP contribution in [0.3, 0.4) is 0 Å². The van der Waals surface area contributed by atoms with Crippen LogP contribution in [0.4, 0.5) is 0 Å². The first-order valence-corrected chi connectivity index (χ1v) is 6.65. The highest BCUT2D eigenvalue weighted by atomic mass is 16.3. The maximum atomic E-state index is 11.5. The van der Waals surface area contributed by atoms with Gasteiger partial charge >= 0.3 is 0 Å². The zero-order valence-electron chi connectivity index (χ0n) is 11.3. The van der Waals surface area contributed by atoms with Crippen LogP contribution in [-0.4, -0.2) is 35.6 Å². The fraction of sp³-hybridized carbons (Fsp3) is 0.846. The summed E-state index contributed by atoms with van der Waals surface area (Å²) in [6.07, 6.45) is 3.78. The molecule has 0 saturated heterocycles. The Kier molecular flexibility index (Phi) is 5.59. The Hall–Kier alpha value is -1.10. The van der Waals surface area contributed by atoms with E-state index in [0.717, 1.165) is 25.7 Å². The third-order valence-corrected chi connectivity index (χ3v) is 3.55. The van der Waals surface area contributed by atoms with Crippen molar-refractivity contribution in [2.75, 3.05) is 13.1 Å². The lowest BCUT2D eigenvalue weighted by atomic mass is 9.79. The minimum Gasteiger partial charge on any atom is -0.388 e. The van der Waals surface area contributed by atoms with Gasteiger partial charge in [0.1, 0.15) is 0 Å². The van der Waals surface area contributed by atoms with Crippen molar-refractivity contribution in [2.24, 2.45) is 5.92 Å². The largest absolute Gasteiger partial charge is 0.388 e. The van der Waals surface area contributed by atoms with Gasteiger partial charge in [0, 0.05) is 26.4 Å². The van der Waals surface area contributed by atoms with E-state index in [1.807, 2.05) is 0 Å². The standard InChI is InChI=1S/C13H24N2O3/c1-10-3-6-13(18,7-4-10)9-15-12(17)5-8-14-11(2)16/h10,18H,3-9H2,1-2H3,(H,14,16)(H,15,17). The average Bonchev–Trinajstić information content (AvgIpc) is 2.31. The van der Waals surface area contributed by atoms with E-state index in [4.69, 9.17) is 0 Å². The predicted molar refractivity (Wildman–Crippen MR) is 68.9 cm³/mol. The van der Waals surface area contributed by atoms with E-state index in [2.05, 4.69) is 17.6 Å². The second kappa shape index (κ2) is 6.73. The molecular weight excluding hydrogens is 232 g/mol. The summed E-state index contributed by atoms with van der Waals surface area (Å²) in [5, 5.41) is 15.6. The summed E-state index contributed by atoms with van der Waals surface area (Å²) in [5.74, 6) is 0.402. The van der Waals surface area contributed by atoms with Gasteiger partial charge in [0.2, 0.25) is 11.8 Å². The third kappa shape index (κ3) is 5.49. The molecule has 5 heteroatoms. The first-order valence-electron chi connectivity index (χ1n) is 6.65. The van der Waals surface area contributed by atoms with Gasteiger partial charge in [-0.3, -0.25) is 9.59 Å². The molecule has 0 spiro atoms. The number of carbonyl (C=O) groups is 2. The number of nitrogens with one attached hydrogen (secondary N) is 2. The Labute approximate surface area is 108 Å². The summed E-state index contributed by atoms with van der Waals surface area (Å²) in [7, 11) is 0. The van der Waals surface area contributed by atoms with Crippen LogP contribution >= 0.6 is 0 Å². The monoisotopic (exact) mass is 256 g/mol. The minimum absolute atomic E-state index is 0.129. The SMILES string of the molecule is CC(=O)NCCC(=O)NCC1(O)CCC(C)CC1. The van der Waals surface area contributed by atoms with Gasteiger partial charge in [-0.2, -0.15) is 0 Å². The van der Waals surface area contributed by atoms with E-state index in [1.54, 1.807) is 0 Å². The molecule has 0 heterocycles. The Bertz CT molecular complexity index is 297. The fourth-order valence-electron chi connectivity index (χ4n) is 2.18. The van der Waals surface area contributed by atoms with E-state index in [9.17, 15) is 14.7 Å². The van der Waals surface area contributed by atoms with Crippen LogP contribution in [0.15, 0.2) is 0 Å². The van der Waals surface area contributed by atoms with E-state index in [0.29, 0.717) is 19.0 Å². The second-order valence-electron chi connectivity index (χ2n) is 5.42. The molecule has 0 unspecified atom stereocenters. The van der Waals surface area contributed by atoms with Gasteiger partial charge in [0.15, 0.2) is 0 Å². The van der Waals surface area contributed by atoms with Crippen LogP contribution in [0, 0.1) is 5.92 Å². The fourth-order valence-corrected chi connectivity index (χ4v) is 2.18. The Balaban J connectivity index is 2.19. The highest BCUT2D eigenvalue weighted by molar-refractivity contribution is 5.77. The summed E-state index contributed by atoms with van der Waals surface area (Å²) < 4.78 is 0. The molecule has 0 aromatic carbocycles. The summed E-state index contributed by atoms with van der Waals surface area (Å²) in [4.78, 5) is 22.1. The van der Waals surface area contributed by atoms with E-state index in [-0.39, 0.29) is 18.2 Å². The summed E-state index contributed by atoms with van der Waals surface area (Å²) in [6.45, 7) is 4.27. The van der Waals surface area contributed by atoms with E-state index in [1.165, 1.54) is 6.92 Å². The molecular formula is C13H24N2O3. The van der Waals surface area contributed by atoms with Gasteiger partial charge in [-0.1, -0.05) is 6.92 Å². The van der Waals surface area contributed by atoms with Crippen LogP contribution in [0.1, 0.15) is 46.0 Å². The zero-order chi connectivity index (χ0) is 13.6. The van der Waals surface area contributed by atoms with Crippen LogP contribution in [0.2, 0.25) is 0 Å². The smallest absolute Gasteiger partial charge is 0.221 e. The van der Waals surface area contributed by atoms with Crippen molar-refractivity contribution in [3.8, 4) is 0 Å². The molecule has 3 N–H and O–H groups in total. The molecule has 1 fully saturated rings. The summed E-state index contributed by atoms with van der Waals surface area (Å²) in [6, 6.07) is 0. The molecule has 2 amide bonds. The molecule has 1 aliphatic carbocycles. The molecule has 0 aromatic heterocycles. The van der Waals surface area contributed by atoms with Crippen LogP contribution in [0.25, 0.3) is 0 Å². The van der Waals surface area contributed by atoms with Crippen LogP contribution in [0.5, 0.6) is 0 Å². The maximum absolute atomic E-state index is 11.5. The normalized spacial score (nSPS) is 27.6. The van der Waals surface area contributed by atoms with Gasteiger partial charge in [0.25, 0.3) is 0 Å². The van der Waals surface area contributed by atoms with Crippen LogP contribution in [-0.2, 0) is 9.59 Å². The minimum atomic E-state index is -0.740. The quantitative estimate of drug-likeness (QED) is 0.673. The molecule has 0 aliphatic heterocycles. The average molecular weight is 256 g/mol. The molecule has 1 rings (SSSR count). The van der Waals surface area contributed by atoms with Crippen molar-refractivity contribution < 1.29 is 14.7 Å². The highest BCUT2D eigenvalue weighted by Crippen LogP contribution is 2.31. The van der Waals surface area contributed by atoms with Crippen molar-refractivity contribution in [1.29, 1.82) is 0 Å². The molecule has 5 nitrogen and oxygen atoms in total. The van der Waals surface area contributed by atoms with Crippen molar-refractivity contribution >= 4 is 11.8 Å². The Morgan fingerprint density at radius 2 is 1.89 bits per heavy atom. The maximum Gasteiger partial charge on any atom is 0.221 e. The lowest BCUT2D eigenvalue weighted by Gasteiger charge is -2.34. The molecule has 1 aliphatic rings. The number of carbonyl (C=O) groups excluding carboxylic acids is 2.